The second-order valence-corrected chi connectivity index (χ2v) is 21.9. The molecule has 1 unspecified atom stereocenters. The molecule has 2 aliphatic carbocycles. The van der Waals surface area contributed by atoms with Gasteiger partial charge in [0.2, 0.25) is 0 Å². The summed E-state index contributed by atoms with van der Waals surface area (Å²) in [6, 6.07) is 31.9. The van der Waals surface area contributed by atoms with Gasteiger partial charge in [0, 0.05) is 0 Å². The van der Waals surface area contributed by atoms with Crippen LogP contribution in [0.1, 0.15) is 30.5 Å². The van der Waals surface area contributed by atoms with Crippen molar-refractivity contribution in [1.82, 2.24) is 0 Å². The predicted octanol–water partition coefficient (Wildman–Crippen LogP) is 2.24. The molecule has 0 radical (unpaired) electrons. The standard InChI is InChI=1S/C13H9.C11H8.C10H17Si.2ClH.Zr/c1-3-7-12-10(5-1)9-11-6-2-4-8-13(11)12;1-9-5-4-7-10-6-2-3-8-11(9)10;1-8-6-9(2)10(7-8)11(3,4)5;;;/h1-5,7-8H,9H2;1-8H;7-8H,1-5H3;2*1H;/q;;;;;+2/p-2. The van der Waals surface area contributed by atoms with Gasteiger partial charge in [-0.3, -0.25) is 0 Å². The molecule has 0 bridgehead atoms. The Labute approximate surface area is 248 Å². The maximum absolute atomic E-state index is 2.76. The van der Waals surface area contributed by atoms with Crippen molar-refractivity contribution < 1.29 is 46.1 Å². The molecule has 2 aliphatic rings. The first-order chi connectivity index (χ1) is 17.3. The van der Waals surface area contributed by atoms with E-state index in [4.69, 9.17) is 0 Å². The molecule has 1 atom stereocenters. The van der Waals surface area contributed by atoms with Gasteiger partial charge in [0.1, 0.15) is 0 Å². The summed E-state index contributed by atoms with van der Waals surface area (Å²) >= 11 is -2.45. The van der Waals surface area contributed by atoms with Crippen molar-refractivity contribution in [2.45, 2.75) is 39.9 Å². The van der Waals surface area contributed by atoms with Gasteiger partial charge >= 0.3 is 226 Å². The van der Waals surface area contributed by atoms with Crippen LogP contribution in [-0.4, -0.2) is 11.8 Å². The van der Waals surface area contributed by atoms with Crippen LogP contribution in [0.3, 0.4) is 0 Å². The van der Waals surface area contributed by atoms with Gasteiger partial charge in [-0.1, -0.05) is 0 Å². The normalized spacial score (nSPS) is 16.0. The fourth-order valence-corrected chi connectivity index (χ4v) is 16.4. The Balaban J connectivity index is 0.00000168. The van der Waals surface area contributed by atoms with Crippen molar-refractivity contribution in [3.05, 3.63) is 122 Å². The van der Waals surface area contributed by atoms with Crippen LogP contribution >= 0.6 is 0 Å². The molecule has 0 spiro atoms. The first kappa shape index (κ1) is 29.2. The zero-order valence-electron chi connectivity index (χ0n) is 22.8. The van der Waals surface area contributed by atoms with Crippen LogP contribution < -0.4 is 28.1 Å². The fraction of sp³-hybridized carbons (Fsp3) is 0.206. The summed E-state index contributed by atoms with van der Waals surface area (Å²) in [5.41, 5.74) is 9.03. The Hall–Kier alpha value is -1.83. The van der Waals surface area contributed by atoms with Gasteiger partial charge in [0.15, 0.2) is 0 Å². The maximum Gasteiger partial charge on any atom is -1.00 e. The van der Waals surface area contributed by atoms with Crippen molar-refractivity contribution in [2.75, 3.05) is 0 Å². The van der Waals surface area contributed by atoms with E-state index in [-0.39, 0.29) is 24.8 Å². The van der Waals surface area contributed by atoms with Crippen LogP contribution in [0.15, 0.2) is 105 Å². The van der Waals surface area contributed by atoms with E-state index in [0.717, 1.165) is 6.42 Å². The zero-order chi connectivity index (χ0) is 25.0. The summed E-state index contributed by atoms with van der Waals surface area (Å²) in [5, 5.41) is 4.41. The summed E-state index contributed by atoms with van der Waals surface area (Å²) in [6.45, 7) is 12.4. The summed E-state index contributed by atoms with van der Waals surface area (Å²) < 4.78 is 6.22. The average Bonchev–Trinajstić information content (AvgIpc) is 3.39. The van der Waals surface area contributed by atoms with E-state index in [0.29, 0.717) is 5.92 Å². The third-order valence-corrected chi connectivity index (χ3v) is 17.7. The monoisotopic (exact) mass is 630 g/mol. The van der Waals surface area contributed by atoms with Crippen LogP contribution in [-0.2, 0) is 27.7 Å². The van der Waals surface area contributed by atoms with E-state index in [2.05, 4.69) is 128 Å². The van der Waals surface area contributed by atoms with E-state index in [1.165, 1.54) is 33.0 Å². The smallest absolute Gasteiger partial charge is 1.00 e. The summed E-state index contributed by atoms with van der Waals surface area (Å²) in [4.78, 5) is 0. The van der Waals surface area contributed by atoms with Crippen molar-refractivity contribution in [2.24, 2.45) is 5.92 Å². The molecular weight excluding hydrogens is 599 g/mol. The Morgan fingerprint density at radius 2 is 1.45 bits per heavy atom. The topological polar surface area (TPSA) is 0 Å². The van der Waals surface area contributed by atoms with Crippen LogP contribution in [0.4, 0.5) is 0 Å². The molecule has 0 amide bonds. The minimum atomic E-state index is -2.45. The molecule has 0 fully saturated rings. The third-order valence-electron chi connectivity index (χ3n) is 8.04. The summed E-state index contributed by atoms with van der Waals surface area (Å²) in [7, 11) is -1.40. The van der Waals surface area contributed by atoms with E-state index < -0.39 is 29.3 Å². The number of halogens is 2. The minimum Gasteiger partial charge on any atom is -1.00 e. The first-order valence-electron chi connectivity index (χ1n) is 13.2. The fourth-order valence-electron chi connectivity index (χ4n) is 6.45. The number of rotatable bonds is 4. The Kier molecular flexibility index (Phi) is 8.70. The van der Waals surface area contributed by atoms with Crippen LogP contribution in [0.5, 0.6) is 0 Å². The number of hydrogen-bond acceptors (Lipinski definition) is 0. The zero-order valence-corrected chi connectivity index (χ0v) is 27.7. The van der Waals surface area contributed by atoms with Gasteiger partial charge in [-0.2, -0.15) is 0 Å². The Bertz CT molecular complexity index is 1620. The van der Waals surface area contributed by atoms with Gasteiger partial charge in [0.25, 0.3) is 0 Å². The molecule has 0 saturated heterocycles. The third kappa shape index (κ3) is 5.06. The van der Waals surface area contributed by atoms with Crippen LogP contribution in [0.25, 0.3) is 21.9 Å². The van der Waals surface area contributed by atoms with Crippen molar-refractivity contribution in [1.29, 1.82) is 0 Å². The second kappa shape index (κ2) is 11.3. The van der Waals surface area contributed by atoms with E-state index in [1.54, 1.807) is 22.9 Å². The molecule has 38 heavy (non-hydrogen) atoms. The van der Waals surface area contributed by atoms with Crippen LogP contribution in [0.2, 0.25) is 19.6 Å². The van der Waals surface area contributed by atoms with Gasteiger partial charge in [-0.05, 0) is 0 Å². The average molecular weight is 633 g/mol. The number of hydrogen-bond donors (Lipinski definition) is 0. The molecule has 4 heteroatoms. The molecule has 6 rings (SSSR count). The molecule has 0 aromatic heterocycles. The predicted molar refractivity (Wildman–Crippen MR) is 157 cm³/mol. The quantitative estimate of drug-likeness (QED) is 0.267. The molecular formula is C34H34Cl2SiZr. The van der Waals surface area contributed by atoms with Crippen molar-refractivity contribution >= 4 is 25.8 Å². The largest absolute Gasteiger partial charge is 1.00 e. The number of benzene rings is 4. The molecule has 0 aliphatic heterocycles. The molecule has 4 aromatic rings. The molecule has 0 saturated carbocycles. The molecule has 0 heterocycles. The SMILES string of the molecule is CC1=[C]([Zr+2](=[CH]c2cccc3ccccc23)[c]2cccc3c2Cc2ccccc2-3)C(C)C=C1[Si](C)(C)C.[Cl-].[Cl-]. The van der Waals surface area contributed by atoms with Crippen molar-refractivity contribution in [3.63, 3.8) is 0 Å². The number of fused-ring (bicyclic) bond motifs is 4. The van der Waals surface area contributed by atoms with Crippen molar-refractivity contribution in [3.8, 4) is 11.1 Å². The Morgan fingerprint density at radius 1 is 0.789 bits per heavy atom. The molecule has 0 nitrogen and oxygen atoms in total. The van der Waals surface area contributed by atoms with Gasteiger partial charge < -0.3 is 24.8 Å². The molecule has 192 valence electrons. The van der Waals surface area contributed by atoms with Crippen LogP contribution in [0, 0.1) is 5.92 Å². The molecule has 0 N–H and O–H groups in total. The minimum absolute atomic E-state index is 0. The van der Waals surface area contributed by atoms with Gasteiger partial charge in [-0.15, -0.1) is 0 Å². The van der Waals surface area contributed by atoms with E-state index in [9.17, 15) is 0 Å². The molecule has 4 aromatic carbocycles. The van der Waals surface area contributed by atoms with Gasteiger partial charge in [-0.25, -0.2) is 0 Å². The maximum atomic E-state index is 2.76. The van der Waals surface area contributed by atoms with Gasteiger partial charge in [0.05, 0.1) is 0 Å². The van der Waals surface area contributed by atoms with E-state index in [1.807, 2.05) is 0 Å². The first-order valence-corrected chi connectivity index (χ1v) is 20.5. The second-order valence-electron chi connectivity index (χ2n) is 11.4. The Morgan fingerprint density at radius 3 is 2.21 bits per heavy atom. The number of allylic oxidation sites excluding steroid dienone is 4. The summed E-state index contributed by atoms with van der Waals surface area (Å²) in [6.07, 6.45) is 3.70. The van der Waals surface area contributed by atoms with E-state index >= 15 is 0 Å². The summed E-state index contributed by atoms with van der Waals surface area (Å²) in [5.74, 6) is 0.534.